The maximum atomic E-state index is 13.3. The van der Waals surface area contributed by atoms with Crippen molar-refractivity contribution in [1.82, 2.24) is 10.2 Å². The summed E-state index contributed by atoms with van der Waals surface area (Å²) >= 11 is 1.68. The van der Waals surface area contributed by atoms with Gasteiger partial charge in [-0.2, -0.15) is 11.8 Å². The number of likely N-dealkylation sites (tertiary alicyclic amines) is 1. The Morgan fingerprint density at radius 3 is 2.50 bits per heavy atom. The van der Waals surface area contributed by atoms with Crippen molar-refractivity contribution in [3.63, 3.8) is 0 Å². The van der Waals surface area contributed by atoms with E-state index in [1.807, 2.05) is 36.3 Å². The summed E-state index contributed by atoms with van der Waals surface area (Å²) in [5, 5.41) is 2.98. The molecule has 172 valence electrons. The van der Waals surface area contributed by atoms with Gasteiger partial charge in [0.25, 0.3) is 5.91 Å². The number of ether oxygens (including phenoxy) is 1. The minimum atomic E-state index is -0.507. The van der Waals surface area contributed by atoms with Crippen LogP contribution in [0.25, 0.3) is 0 Å². The number of nitrogens with one attached hydrogen (secondary N) is 1. The van der Waals surface area contributed by atoms with Crippen LogP contribution in [0.1, 0.15) is 46.3 Å². The van der Waals surface area contributed by atoms with Crippen LogP contribution in [0, 0.1) is 20.8 Å². The fourth-order valence-corrected chi connectivity index (χ4v) is 4.42. The van der Waals surface area contributed by atoms with E-state index in [1.165, 1.54) is 5.56 Å². The van der Waals surface area contributed by atoms with Crippen molar-refractivity contribution < 1.29 is 14.3 Å². The Morgan fingerprint density at radius 2 is 1.81 bits per heavy atom. The molecule has 0 aromatic heterocycles. The van der Waals surface area contributed by atoms with Crippen molar-refractivity contribution >= 4 is 23.6 Å². The largest absolute Gasteiger partial charge is 0.490 e. The van der Waals surface area contributed by atoms with Crippen LogP contribution in [0.3, 0.4) is 0 Å². The van der Waals surface area contributed by atoms with Gasteiger partial charge in [0.05, 0.1) is 0 Å². The molecule has 2 amide bonds. The molecule has 0 bridgehead atoms. The lowest BCUT2D eigenvalue weighted by Crippen LogP contribution is -2.52. The third-order valence-electron chi connectivity index (χ3n) is 5.89. The predicted octanol–water partition coefficient (Wildman–Crippen LogP) is 4.53. The molecule has 1 atom stereocenters. The van der Waals surface area contributed by atoms with Crippen LogP contribution in [0.5, 0.6) is 5.75 Å². The number of amides is 2. The molecule has 1 N–H and O–H groups in total. The van der Waals surface area contributed by atoms with Crippen molar-refractivity contribution in [2.45, 2.75) is 52.2 Å². The Bertz CT molecular complexity index is 938. The van der Waals surface area contributed by atoms with E-state index in [0.717, 1.165) is 35.5 Å². The topological polar surface area (TPSA) is 58.6 Å². The van der Waals surface area contributed by atoms with Gasteiger partial charge >= 0.3 is 0 Å². The molecule has 0 aliphatic carbocycles. The maximum absolute atomic E-state index is 13.3. The molecule has 1 saturated heterocycles. The number of hydrogen-bond donors (Lipinski definition) is 1. The lowest BCUT2D eigenvalue weighted by molar-refractivity contribution is -0.135. The Labute approximate surface area is 195 Å². The first-order valence-corrected chi connectivity index (χ1v) is 12.7. The van der Waals surface area contributed by atoms with Gasteiger partial charge in [0.2, 0.25) is 5.91 Å². The van der Waals surface area contributed by atoms with Gasteiger partial charge in [0, 0.05) is 31.5 Å². The van der Waals surface area contributed by atoms with E-state index in [9.17, 15) is 9.59 Å². The summed E-state index contributed by atoms with van der Waals surface area (Å²) in [5.41, 5.74) is 3.92. The zero-order valence-corrected chi connectivity index (χ0v) is 20.3. The number of benzene rings is 2. The first kappa shape index (κ1) is 24.2. The van der Waals surface area contributed by atoms with E-state index < -0.39 is 6.04 Å². The number of carbonyl (C=O) groups excluding carboxylic acids is 2. The highest BCUT2D eigenvalue weighted by atomic mass is 32.2. The summed E-state index contributed by atoms with van der Waals surface area (Å²) in [6.07, 6.45) is 4.32. The molecule has 1 unspecified atom stereocenters. The summed E-state index contributed by atoms with van der Waals surface area (Å²) in [6, 6.07) is 13.2. The molecular formula is C26H34N2O3S. The number of nitrogens with zero attached hydrogens (tertiary/aromatic N) is 1. The Kier molecular flexibility index (Phi) is 8.62. The first-order chi connectivity index (χ1) is 15.4. The zero-order chi connectivity index (χ0) is 23.1. The number of rotatable bonds is 8. The molecule has 1 heterocycles. The number of hydrogen-bond acceptors (Lipinski definition) is 4. The standard InChI is InChI=1S/C26H34N2O3S/c1-18-6-5-7-21(16-18)25(29)27-23(12-15-32-4)26(30)28-13-10-22(11-14-28)31-24-17-19(2)8-9-20(24)3/h5-9,16-17,22-23H,10-15H2,1-4H3,(H,27,29). The summed E-state index contributed by atoms with van der Waals surface area (Å²) in [5.74, 6) is 1.56. The first-order valence-electron chi connectivity index (χ1n) is 11.3. The molecule has 2 aromatic carbocycles. The van der Waals surface area contributed by atoms with E-state index in [1.54, 1.807) is 17.8 Å². The number of carbonyl (C=O) groups is 2. The van der Waals surface area contributed by atoms with Crippen LogP contribution in [0.15, 0.2) is 42.5 Å². The van der Waals surface area contributed by atoms with E-state index in [4.69, 9.17) is 4.74 Å². The van der Waals surface area contributed by atoms with Crippen molar-refractivity contribution in [2.75, 3.05) is 25.1 Å². The minimum absolute atomic E-state index is 0.00485. The molecule has 0 saturated carbocycles. The van der Waals surface area contributed by atoms with E-state index in [0.29, 0.717) is 25.1 Å². The van der Waals surface area contributed by atoms with Crippen LogP contribution in [-0.2, 0) is 4.79 Å². The Morgan fingerprint density at radius 1 is 1.09 bits per heavy atom. The van der Waals surface area contributed by atoms with Gasteiger partial charge in [-0.05, 0) is 68.5 Å². The second-order valence-electron chi connectivity index (χ2n) is 8.59. The SMILES string of the molecule is CSCCC(NC(=O)c1cccc(C)c1)C(=O)N1CCC(Oc2cc(C)ccc2C)CC1. The van der Waals surface area contributed by atoms with Crippen LogP contribution in [-0.4, -0.2) is 54.0 Å². The lowest BCUT2D eigenvalue weighted by Gasteiger charge is -2.34. The molecule has 6 heteroatoms. The van der Waals surface area contributed by atoms with Gasteiger partial charge in [-0.15, -0.1) is 0 Å². The molecule has 1 aliphatic rings. The molecule has 32 heavy (non-hydrogen) atoms. The van der Waals surface area contributed by atoms with Crippen LogP contribution in [0.2, 0.25) is 0 Å². The van der Waals surface area contributed by atoms with Crippen molar-refractivity contribution in [3.8, 4) is 5.75 Å². The Hall–Kier alpha value is -2.47. The number of aryl methyl sites for hydroxylation is 3. The maximum Gasteiger partial charge on any atom is 0.251 e. The summed E-state index contributed by atoms with van der Waals surface area (Å²) in [7, 11) is 0. The van der Waals surface area contributed by atoms with Gasteiger partial charge in [-0.25, -0.2) is 0 Å². The van der Waals surface area contributed by atoms with Gasteiger partial charge < -0.3 is 15.0 Å². The fraction of sp³-hybridized carbons (Fsp3) is 0.462. The Balaban J connectivity index is 1.59. The second kappa shape index (κ2) is 11.4. The average molecular weight is 455 g/mol. The molecule has 1 fully saturated rings. The van der Waals surface area contributed by atoms with Crippen molar-refractivity contribution in [2.24, 2.45) is 0 Å². The monoisotopic (exact) mass is 454 g/mol. The highest BCUT2D eigenvalue weighted by Gasteiger charge is 2.30. The highest BCUT2D eigenvalue weighted by Crippen LogP contribution is 2.24. The van der Waals surface area contributed by atoms with E-state index in [2.05, 4.69) is 37.4 Å². The smallest absolute Gasteiger partial charge is 0.251 e. The van der Waals surface area contributed by atoms with Gasteiger partial charge in [0.15, 0.2) is 0 Å². The third kappa shape index (κ3) is 6.52. The summed E-state index contributed by atoms with van der Waals surface area (Å²) < 4.78 is 6.24. The van der Waals surface area contributed by atoms with Crippen LogP contribution >= 0.6 is 11.8 Å². The van der Waals surface area contributed by atoms with Gasteiger partial charge in [0.1, 0.15) is 17.9 Å². The number of thioether (sulfide) groups is 1. The molecule has 3 rings (SSSR count). The molecule has 2 aromatic rings. The lowest BCUT2D eigenvalue weighted by atomic mass is 10.0. The summed E-state index contributed by atoms with van der Waals surface area (Å²) in [4.78, 5) is 27.9. The predicted molar refractivity (Wildman–Crippen MR) is 132 cm³/mol. The highest BCUT2D eigenvalue weighted by molar-refractivity contribution is 7.98. The van der Waals surface area contributed by atoms with Gasteiger partial charge in [-0.1, -0.05) is 29.8 Å². The average Bonchev–Trinajstić information content (AvgIpc) is 2.79. The van der Waals surface area contributed by atoms with E-state index in [-0.39, 0.29) is 17.9 Å². The molecule has 5 nitrogen and oxygen atoms in total. The minimum Gasteiger partial charge on any atom is -0.490 e. The normalized spacial score (nSPS) is 15.3. The summed E-state index contributed by atoms with van der Waals surface area (Å²) in [6.45, 7) is 7.36. The zero-order valence-electron chi connectivity index (χ0n) is 19.5. The fourth-order valence-electron chi connectivity index (χ4n) is 3.95. The van der Waals surface area contributed by atoms with Gasteiger partial charge in [-0.3, -0.25) is 9.59 Å². The van der Waals surface area contributed by atoms with Crippen molar-refractivity contribution in [1.29, 1.82) is 0 Å². The third-order valence-corrected chi connectivity index (χ3v) is 6.53. The van der Waals surface area contributed by atoms with Crippen molar-refractivity contribution in [3.05, 3.63) is 64.7 Å². The number of piperidine rings is 1. The van der Waals surface area contributed by atoms with Crippen LogP contribution < -0.4 is 10.1 Å². The van der Waals surface area contributed by atoms with Crippen LogP contribution in [0.4, 0.5) is 0 Å². The quantitative estimate of drug-likeness (QED) is 0.637. The molecule has 1 aliphatic heterocycles. The molecule has 0 radical (unpaired) electrons. The second-order valence-corrected chi connectivity index (χ2v) is 9.57. The molecule has 0 spiro atoms. The molecular weight excluding hydrogens is 420 g/mol. The van der Waals surface area contributed by atoms with E-state index >= 15 is 0 Å².